The lowest BCUT2D eigenvalue weighted by atomic mass is 9.89. The van der Waals surface area contributed by atoms with Gasteiger partial charge in [-0.15, -0.1) is 0 Å². The zero-order chi connectivity index (χ0) is 16.8. The highest BCUT2D eigenvalue weighted by Crippen LogP contribution is 2.29. The van der Waals surface area contributed by atoms with Crippen LogP contribution in [0, 0.1) is 5.92 Å². The van der Waals surface area contributed by atoms with Crippen LogP contribution in [0.3, 0.4) is 0 Å². The van der Waals surface area contributed by atoms with Gasteiger partial charge in [-0.2, -0.15) is 0 Å². The smallest absolute Gasteiger partial charge is 0.118 e. The third kappa shape index (κ3) is 4.59. The van der Waals surface area contributed by atoms with Gasteiger partial charge in [0, 0.05) is 6.54 Å². The molecule has 0 radical (unpaired) electrons. The number of likely N-dealkylation sites (tertiary alicyclic amines) is 1. The molecule has 0 saturated carbocycles. The molecule has 1 aliphatic heterocycles. The van der Waals surface area contributed by atoms with Crippen molar-refractivity contribution in [3.63, 3.8) is 0 Å². The summed E-state index contributed by atoms with van der Waals surface area (Å²) in [7, 11) is 1.66. The molecule has 2 aromatic rings. The molecule has 2 aromatic carbocycles. The molecule has 1 N–H and O–H groups in total. The maximum atomic E-state index is 10.5. The Morgan fingerprint density at radius 3 is 2.33 bits per heavy atom. The van der Waals surface area contributed by atoms with Crippen LogP contribution in [-0.4, -0.2) is 30.2 Å². The van der Waals surface area contributed by atoms with E-state index in [1.54, 1.807) is 7.11 Å². The number of aliphatic hydroxyl groups is 1. The fraction of sp³-hybridized carbons (Fsp3) is 0.429. The number of hydrogen-bond acceptors (Lipinski definition) is 3. The van der Waals surface area contributed by atoms with Crippen LogP contribution in [0.15, 0.2) is 54.6 Å². The third-order valence-corrected chi connectivity index (χ3v) is 5.01. The molecule has 0 amide bonds. The molecule has 1 unspecified atom stereocenters. The molecule has 0 aliphatic carbocycles. The van der Waals surface area contributed by atoms with Crippen LogP contribution in [0.5, 0.6) is 5.75 Å². The van der Waals surface area contributed by atoms with Crippen molar-refractivity contribution < 1.29 is 9.84 Å². The third-order valence-electron chi connectivity index (χ3n) is 5.01. The lowest BCUT2D eigenvalue weighted by Gasteiger charge is -2.33. The second kappa shape index (κ2) is 8.32. The molecule has 3 heteroatoms. The largest absolute Gasteiger partial charge is 0.497 e. The summed E-state index contributed by atoms with van der Waals surface area (Å²) < 4.78 is 5.17. The van der Waals surface area contributed by atoms with Gasteiger partial charge in [0.2, 0.25) is 0 Å². The minimum Gasteiger partial charge on any atom is -0.497 e. The fourth-order valence-electron chi connectivity index (χ4n) is 3.50. The Labute approximate surface area is 144 Å². The van der Waals surface area contributed by atoms with Crippen molar-refractivity contribution in [2.24, 2.45) is 5.92 Å². The number of piperidine rings is 1. The maximum absolute atomic E-state index is 10.5. The van der Waals surface area contributed by atoms with Crippen LogP contribution in [0.2, 0.25) is 0 Å². The zero-order valence-corrected chi connectivity index (χ0v) is 14.4. The standard InChI is InChI=1S/C21H27NO2/c1-24-20-9-7-19(8-10-20)21(23)15-17-11-13-22(14-12-17)16-18-5-3-2-4-6-18/h2-10,17,21,23H,11-16H2,1H3. The first-order valence-corrected chi connectivity index (χ1v) is 8.83. The molecule has 0 spiro atoms. The van der Waals surface area contributed by atoms with Crippen LogP contribution in [0.4, 0.5) is 0 Å². The summed E-state index contributed by atoms with van der Waals surface area (Å²) >= 11 is 0. The van der Waals surface area contributed by atoms with E-state index < -0.39 is 0 Å². The Morgan fingerprint density at radius 1 is 1.04 bits per heavy atom. The van der Waals surface area contributed by atoms with Crippen molar-refractivity contribution in [1.82, 2.24) is 4.90 Å². The van der Waals surface area contributed by atoms with E-state index in [4.69, 9.17) is 4.74 Å². The van der Waals surface area contributed by atoms with Gasteiger partial charge in [0.15, 0.2) is 0 Å². The normalized spacial score (nSPS) is 17.6. The van der Waals surface area contributed by atoms with E-state index in [1.807, 2.05) is 24.3 Å². The molecular weight excluding hydrogens is 298 g/mol. The summed E-state index contributed by atoms with van der Waals surface area (Å²) in [6.07, 6.45) is 2.81. The van der Waals surface area contributed by atoms with E-state index in [0.29, 0.717) is 5.92 Å². The van der Waals surface area contributed by atoms with Gasteiger partial charge in [-0.1, -0.05) is 42.5 Å². The highest BCUT2D eigenvalue weighted by Gasteiger charge is 2.22. The highest BCUT2D eigenvalue weighted by molar-refractivity contribution is 5.28. The Morgan fingerprint density at radius 2 is 1.71 bits per heavy atom. The highest BCUT2D eigenvalue weighted by atomic mass is 16.5. The SMILES string of the molecule is COc1ccc(C(O)CC2CCN(Cc3ccccc3)CC2)cc1. The Balaban J connectivity index is 1.46. The molecule has 1 saturated heterocycles. The number of methoxy groups -OCH3 is 1. The number of hydrogen-bond donors (Lipinski definition) is 1. The monoisotopic (exact) mass is 325 g/mol. The molecule has 1 atom stereocenters. The molecule has 3 rings (SSSR count). The van der Waals surface area contributed by atoms with E-state index in [-0.39, 0.29) is 6.10 Å². The van der Waals surface area contributed by atoms with Gasteiger partial charge in [-0.25, -0.2) is 0 Å². The lowest BCUT2D eigenvalue weighted by molar-refractivity contribution is 0.106. The molecule has 1 fully saturated rings. The minimum atomic E-state index is -0.374. The predicted molar refractivity (Wildman–Crippen MR) is 97.0 cm³/mol. The predicted octanol–water partition coefficient (Wildman–Crippen LogP) is 4.03. The van der Waals surface area contributed by atoms with Crippen molar-refractivity contribution in [1.29, 1.82) is 0 Å². The Hall–Kier alpha value is -1.84. The first-order valence-electron chi connectivity index (χ1n) is 8.83. The summed E-state index contributed by atoms with van der Waals surface area (Å²) in [5, 5.41) is 10.5. The van der Waals surface area contributed by atoms with Crippen molar-refractivity contribution in [3.8, 4) is 5.75 Å². The van der Waals surface area contributed by atoms with Gasteiger partial charge < -0.3 is 9.84 Å². The van der Waals surface area contributed by atoms with Gasteiger partial charge >= 0.3 is 0 Å². The second-order valence-electron chi connectivity index (χ2n) is 6.73. The molecule has 1 aliphatic rings. The Bertz CT molecular complexity index is 603. The number of benzene rings is 2. The van der Waals surface area contributed by atoms with Crippen molar-refractivity contribution in [3.05, 3.63) is 65.7 Å². The first-order chi connectivity index (χ1) is 11.7. The van der Waals surface area contributed by atoms with Gasteiger partial charge in [-0.05, 0) is 61.5 Å². The van der Waals surface area contributed by atoms with Crippen molar-refractivity contribution >= 4 is 0 Å². The van der Waals surface area contributed by atoms with E-state index in [1.165, 1.54) is 18.4 Å². The van der Waals surface area contributed by atoms with E-state index >= 15 is 0 Å². The fourth-order valence-corrected chi connectivity index (χ4v) is 3.50. The minimum absolute atomic E-state index is 0.374. The van der Waals surface area contributed by atoms with Crippen molar-refractivity contribution in [2.45, 2.75) is 31.9 Å². The number of aliphatic hydroxyl groups excluding tert-OH is 1. The molecule has 128 valence electrons. The lowest BCUT2D eigenvalue weighted by Crippen LogP contribution is -2.33. The van der Waals surface area contributed by atoms with Crippen LogP contribution in [0.25, 0.3) is 0 Å². The number of rotatable bonds is 6. The van der Waals surface area contributed by atoms with E-state index in [0.717, 1.165) is 37.4 Å². The van der Waals surface area contributed by atoms with Crippen LogP contribution in [-0.2, 0) is 6.54 Å². The summed E-state index contributed by atoms with van der Waals surface area (Å²) in [5.74, 6) is 1.44. The van der Waals surface area contributed by atoms with Gasteiger partial charge in [-0.3, -0.25) is 4.90 Å². The molecular formula is C21H27NO2. The maximum Gasteiger partial charge on any atom is 0.118 e. The summed E-state index contributed by atoms with van der Waals surface area (Å²) in [6, 6.07) is 18.4. The van der Waals surface area contributed by atoms with Gasteiger partial charge in [0.25, 0.3) is 0 Å². The average molecular weight is 325 g/mol. The number of ether oxygens (including phenoxy) is 1. The topological polar surface area (TPSA) is 32.7 Å². The second-order valence-corrected chi connectivity index (χ2v) is 6.73. The summed E-state index contributed by atoms with van der Waals surface area (Å²) in [4.78, 5) is 2.52. The molecule has 0 aromatic heterocycles. The summed E-state index contributed by atoms with van der Waals surface area (Å²) in [6.45, 7) is 3.28. The zero-order valence-electron chi connectivity index (χ0n) is 14.4. The molecule has 0 bridgehead atoms. The van der Waals surface area contributed by atoms with Crippen LogP contribution in [0.1, 0.15) is 36.5 Å². The average Bonchev–Trinajstić information content (AvgIpc) is 2.64. The van der Waals surface area contributed by atoms with Crippen LogP contribution >= 0.6 is 0 Å². The Kier molecular flexibility index (Phi) is 5.89. The van der Waals surface area contributed by atoms with E-state index in [9.17, 15) is 5.11 Å². The molecule has 24 heavy (non-hydrogen) atoms. The van der Waals surface area contributed by atoms with Crippen molar-refractivity contribution in [2.75, 3.05) is 20.2 Å². The van der Waals surface area contributed by atoms with Gasteiger partial charge in [0.1, 0.15) is 5.75 Å². The first kappa shape index (κ1) is 17.0. The quantitative estimate of drug-likeness (QED) is 0.870. The number of nitrogens with zero attached hydrogens (tertiary/aromatic N) is 1. The molecule has 1 heterocycles. The molecule has 3 nitrogen and oxygen atoms in total. The summed E-state index contributed by atoms with van der Waals surface area (Å²) in [5.41, 5.74) is 2.37. The van der Waals surface area contributed by atoms with Crippen LogP contribution < -0.4 is 4.74 Å². The van der Waals surface area contributed by atoms with Gasteiger partial charge in [0.05, 0.1) is 13.2 Å². The van der Waals surface area contributed by atoms with E-state index in [2.05, 4.69) is 35.2 Å².